The van der Waals surface area contributed by atoms with Gasteiger partial charge in [0.25, 0.3) is 0 Å². The van der Waals surface area contributed by atoms with Gasteiger partial charge in [0.1, 0.15) is 12.4 Å². The van der Waals surface area contributed by atoms with Gasteiger partial charge in [0.15, 0.2) is 5.75 Å². The van der Waals surface area contributed by atoms with Gasteiger partial charge in [-0.15, -0.1) is 0 Å². The molecule has 0 spiro atoms. The Morgan fingerprint density at radius 2 is 2.20 bits per heavy atom. The summed E-state index contributed by atoms with van der Waals surface area (Å²) in [5.41, 5.74) is 0.308. The molecule has 0 amide bonds. The number of aromatic nitrogens is 1. The molecule has 0 aliphatic rings. The van der Waals surface area contributed by atoms with Crippen molar-refractivity contribution >= 4 is 5.69 Å². The summed E-state index contributed by atoms with van der Waals surface area (Å²) >= 11 is 0. The van der Waals surface area contributed by atoms with Crippen LogP contribution in [0.2, 0.25) is 0 Å². The molecule has 0 unspecified atom stereocenters. The third-order valence-electron chi connectivity index (χ3n) is 2.55. The van der Waals surface area contributed by atoms with Crippen LogP contribution in [0.4, 0.5) is 10.1 Å². The van der Waals surface area contributed by atoms with E-state index in [0.29, 0.717) is 11.4 Å². The molecule has 1 heterocycles. The van der Waals surface area contributed by atoms with Gasteiger partial charge in [-0.1, -0.05) is 0 Å². The molecule has 1 aromatic heterocycles. The molecule has 0 atom stereocenters. The third-order valence-corrected chi connectivity index (χ3v) is 2.55. The second-order valence-corrected chi connectivity index (χ2v) is 3.83. The highest BCUT2D eigenvalue weighted by molar-refractivity contribution is 5.46. The lowest BCUT2D eigenvalue weighted by Crippen LogP contribution is -2.02. The standard InChI is InChI=1S/C13H11FN2O4/c1-19-13-9(3-2-6-15-13)8-20-12-7-10(14)4-5-11(12)16(17)18/h2-7H,8H2,1H3. The fourth-order valence-corrected chi connectivity index (χ4v) is 1.63. The number of rotatable bonds is 5. The monoisotopic (exact) mass is 278 g/mol. The van der Waals surface area contributed by atoms with Crippen LogP contribution in [0.3, 0.4) is 0 Å². The Morgan fingerprint density at radius 1 is 1.40 bits per heavy atom. The number of methoxy groups -OCH3 is 1. The number of nitro benzene ring substituents is 1. The SMILES string of the molecule is COc1ncccc1COc1cc(F)ccc1[N+](=O)[O-]. The van der Waals surface area contributed by atoms with Gasteiger partial charge in [0.05, 0.1) is 17.6 Å². The Labute approximate surface area is 113 Å². The van der Waals surface area contributed by atoms with Gasteiger partial charge in [0, 0.05) is 18.3 Å². The van der Waals surface area contributed by atoms with E-state index < -0.39 is 10.7 Å². The van der Waals surface area contributed by atoms with Gasteiger partial charge >= 0.3 is 5.69 Å². The van der Waals surface area contributed by atoms with E-state index in [1.807, 2.05) is 0 Å². The number of benzene rings is 1. The molecule has 7 heteroatoms. The molecule has 1 aromatic carbocycles. The van der Waals surface area contributed by atoms with Gasteiger partial charge < -0.3 is 9.47 Å². The lowest BCUT2D eigenvalue weighted by Gasteiger charge is -2.09. The van der Waals surface area contributed by atoms with E-state index in [1.165, 1.54) is 7.11 Å². The Balaban J connectivity index is 2.22. The number of hydrogen-bond donors (Lipinski definition) is 0. The van der Waals surface area contributed by atoms with Crippen LogP contribution in [0.25, 0.3) is 0 Å². The van der Waals surface area contributed by atoms with Gasteiger partial charge in [-0.3, -0.25) is 10.1 Å². The molecule has 2 aromatic rings. The van der Waals surface area contributed by atoms with Crippen molar-refractivity contribution in [1.29, 1.82) is 0 Å². The zero-order chi connectivity index (χ0) is 14.5. The number of nitrogens with zero attached hydrogens (tertiary/aromatic N) is 2. The van der Waals surface area contributed by atoms with Crippen LogP contribution < -0.4 is 9.47 Å². The topological polar surface area (TPSA) is 74.5 Å². The average Bonchev–Trinajstić information content (AvgIpc) is 2.45. The number of ether oxygens (including phenoxy) is 2. The van der Waals surface area contributed by atoms with Crippen molar-refractivity contribution in [3.05, 3.63) is 58.0 Å². The largest absolute Gasteiger partial charge is 0.482 e. The number of halogens is 1. The lowest BCUT2D eigenvalue weighted by atomic mass is 10.2. The highest BCUT2D eigenvalue weighted by atomic mass is 19.1. The summed E-state index contributed by atoms with van der Waals surface area (Å²) in [7, 11) is 1.45. The minimum atomic E-state index is -0.630. The van der Waals surface area contributed by atoms with Gasteiger partial charge in [-0.2, -0.15) is 0 Å². The van der Waals surface area contributed by atoms with Crippen molar-refractivity contribution in [1.82, 2.24) is 4.98 Å². The van der Waals surface area contributed by atoms with Crippen molar-refractivity contribution in [2.24, 2.45) is 0 Å². The van der Waals surface area contributed by atoms with Crippen LogP contribution in [0.15, 0.2) is 36.5 Å². The van der Waals surface area contributed by atoms with E-state index in [9.17, 15) is 14.5 Å². The molecule has 0 radical (unpaired) electrons. The average molecular weight is 278 g/mol. The summed E-state index contributed by atoms with van der Waals surface area (Å²) in [4.78, 5) is 14.2. The van der Waals surface area contributed by atoms with Gasteiger partial charge in [-0.25, -0.2) is 9.37 Å². The molecular formula is C13H11FN2O4. The Morgan fingerprint density at radius 3 is 2.90 bits per heavy atom. The first-order chi connectivity index (χ1) is 9.61. The van der Waals surface area contributed by atoms with E-state index in [1.54, 1.807) is 18.3 Å². The number of pyridine rings is 1. The molecular weight excluding hydrogens is 267 g/mol. The van der Waals surface area contributed by atoms with E-state index in [0.717, 1.165) is 18.2 Å². The zero-order valence-corrected chi connectivity index (χ0v) is 10.6. The van der Waals surface area contributed by atoms with Crippen molar-refractivity contribution in [3.8, 4) is 11.6 Å². The maximum atomic E-state index is 13.1. The molecule has 6 nitrogen and oxygen atoms in total. The minimum Gasteiger partial charge on any atom is -0.482 e. The number of hydrogen-bond acceptors (Lipinski definition) is 5. The highest BCUT2D eigenvalue weighted by Gasteiger charge is 2.16. The van der Waals surface area contributed by atoms with E-state index in [-0.39, 0.29) is 18.0 Å². The second kappa shape index (κ2) is 5.96. The summed E-state index contributed by atoms with van der Waals surface area (Å²) in [5.74, 6) is -0.392. The zero-order valence-electron chi connectivity index (χ0n) is 10.6. The first kappa shape index (κ1) is 13.7. The quantitative estimate of drug-likeness (QED) is 0.621. The summed E-state index contributed by atoms with van der Waals surface area (Å²) < 4.78 is 23.5. The Bertz CT molecular complexity index is 634. The minimum absolute atomic E-state index is 0.0126. The predicted octanol–water partition coefficient (Wildman–Crippen LogP) is 2.72. The van der Waals surface area contributed by atoms with Crippen LogP contribution in [0.1, 0.15) is 5.56 Å². The summed E-state index contributed by atoms with van der Waals surface area (Å²) in [6.07, 6.45) is 1.55. The third kappa shape index (κ3) is 3.00. The molecule has 0 saturated carbocycles. The fourth-order valence-electron chi connectivity index (χ4n) is 1.63. The first-order valence-corrected chi connectivity index (χ1v) is 5.66. The van der Waals surface area contributed by atoms with Crippen LogP contribution in [-0.2, 0) is 6.61 Å². The van der Waals surface area contributed by atoms with Crippen molar-refractivity contribution < 1.29 is 18.8 Å². The molecule has 2 rings (SSSR count). The predicted molar refractivity (Wildman–Crippen MR) is 68.2 cm³/mol. The van der Waals surface area contributed by atoms with Crippen molar-refractivity contribution in [2.45, 2.75) is 6.61 Å². The van der Waals surface area contributed by atoms with Crippen LogP contribution in [0, 0.1) is 15.9 Å². The lowest BCUT2D eigenvalue weighted by molar-refractivity contribution is -0.386. The Kier molecular flexibility index (Phi) is 4.09. The van der Waals surface area contributed by atoms with Gasteiger partial charge in [-0.05, 0) is 18.2 Å². The fraction of sp³-hybridized carbons (Fsp3) is 0.154. The highest BCUT2D eigenvalue weighted by Crippen LogP contribution is 2.28. The van der Waals surface area contributed by atoms with Gasteiger partial charge in [0.2, 0.25) is 5.88 Å². The Hall–Kier alpha value is -2.70. The maximum absolute atomic E-state index is 13.1. The molecule has 104 valence electrons. The molecule has 0 N–H and O–H groups in total. The molecule has 0 saturated heterocycles. The number of nitro groups is 1. The molecule has 0 fully saturated rings. The summed E-state index contributed by atoms with van der Waals surface area (Å²) in [6.45, 7) is -0.0126. The van der Waals surface area contributed by atoms with Crippen LogP contribution >= 0.6 is 0 Å². The summed E-state index contributed by atoms with van der Waals surface area (Å²) in [6, 6.07) is 6.43. The second-order valence-electron chi connectivity index (χ2n) is 3.83. The van der Waals surface area contributed by atoms with Crippen molar-refractivity contribution in [3.63, 3.8) is 0 Å². The molecule has 20 heavy (non-hydrogen) atoms. The summed E-state index contributed by atoms with van der Waals surface area (Å²) in [5, 5.41) is 10.8. The van der Waals surface area contributed by atoms with E-state index in [2.05, 4.69) is 4.98 Å². The normalized spacial score (nSPS) is 10.1. The van der Waals surface area contributed by atoms with E-state index in [4.69, 9.17) is 9.47 Å². The van der Waals surface area contributed by atoms with E-state index >= 15 is 0 Å². The maximum Gasteiger partial charge on any atom is 0.311 e. The molecule has 0 aliphatic carbocycles. The van der Waals surface area contributed by atoms with Crippen LogP contribution in [-0.4, -0.2) is 17.0 Å². The molecule has 0 aliphatic heterocycles. The molecule has 0 bridgehead atoms. The first-order valence-electron chi connectivity index (χ1n) is 5.66. The smallest absolute Gasteiger partial charge is 0.311 e. The van der Waals surface area contributed by atoms with Crippen molar-refractivity contribution in [2.75, 3.05) is 7.11 Å². The van der Waals surface area contributed by atoms with Crippen LogP contribution in [0.5, 0.6) is 11.6 Å².